The number of nitrogens with one attached hydrogen (secondary N) is 2. The van der Waals surface area contributed by atoms with E-state index < -0.39 is 18.1 Å². The van der Waals surface area contributed by atoms with Crippen LogP contribution in [0.25, 0.3) is 0 Å². The van der Waals surface area contributed by atoms with Gasteiger partial charge in [-0.05, 0) is 24.0 Å². The number of carbonyl (C=O) groups is 3. The number of amides is 2. The number of carbonyl (C=O) groups excluding carboxylic acids is 3. The minimum Gasteiger partial charge on any atom is -0.461 e. The minimum atomic E-state index is -1.07. The van der Waals surface area contributed by atoms with E-state index in [1.807, 2.05) is 60.7 Å². The lowest BCUT2D eigenvalue weighted by molar-refractivity contribution is -0.147. The van der Waals surface area contributed by atoms with Crippen LogP contribution in [0.5, 0.6) is 0 Å². The van der Waals surface area contributed by atoms with Crippen molar-refractivity contribution in [2.24, 2.45) is 0 Å². The molecule has 7 heteroatoms. The average molecular weight is 467 g/mol. The minimum absolute atomic E-state index is 0.0396. The molecule has 0 radical (unpaired) electrons. The first-order valence-corrected chi connectivity index (χ1v) is 12.1. The van der Waals surface area contributed by atoms with Crippen LogP contribution in [0.4, 0.5) is 4.79 Å². The van der Waals surface area contributed by atoms with Crippen molar-refractivity contribution in [3.8, 4) is 0 Å². The lowest BCUT2D eigenvalue weighted by Crippen LogP contribution is -2.50. The first-order valence-electron chi connectivity index (χ1n) is 12.1. The van der Waals surface area contributed by atoms with Crippen LogP contribution in [0.3, 0.4) is 0 Å². The zero-order valence-corrected chi connectivity index (χ0v) is 19.5. The number of ether oxygens (including phenoxy) is 2. The first-order chi connectivity index (χ1) is 16.6. The molecule has 1 saturated carbocycles. The van der Waals surface area contributed by atoms with Crippen LogP contribution >= 0.6 is 0 Å². The second kappa shape index (κ2) is 14.0. The fourth-order valence-corrected chi connectivity index (χ4v) is 3.98. The third-order valence-electron chi connectivity index (χ3n) is 5.89. The van der Waals surface area contributed by atoms with Crippen molar-refractivity contribution in [2.75, 3.05) is 0 Å². The van der Waals surface area contributed by atoms with Crippen molar-refractivity contribution in [1.29, 1.82) is 0 Å². The first kappa shape index (κ1) is 25.3. The van der Waals surface area contributed by atoms with E-state index >= 15 is 0 Å². The molecule has 0 aromatic heterocycles. The predicted molar refractivity (Wildman–Crippen MR) is 129 cm³/mol. The van der Waals surface area contributed by atoms with Gasteiger partial charge in [0.2, 0.25) is 5.91 Å². The van der Waals surface area contributed by atoms with Gasteiger partial charge in [0, 0.05) is 6.04 Å². The highest BCUT2D eigenvalue weighted by Crippen LogP contribution is 2.17. The standard InChI is InChI=1S/C27H34N2O5/c30-25(33-19-21-12-6-4-7-13-21)18-24(26(31)28-23-16-10-2-1-3-11-17-23)29-27(32)34-20-22-14-8-5-9-15-22/h4-9,12-15,23-24H,1-3,10-11,16-20H2,(H,28,31)(H,29,32)/t24-/m1/s1. The van der Waals surface area contributed by atoms with Crippen molar-refractivity contribution in [3.63, 3.8) is 0 Å². The van der Waals surface area contributed by atoms with Gasteiger partial charge < -0.3 is 20.1 Å². The summed E-state index contributed by atoms with van der Waals surface area (Å²) in [6.07, 6.45) is 6.43. The molecular formula is C27H34N2O5. The normalized spacial score (nSPS) is 15.3. The quantitative estimate of drug-likeness (QED) is 0.525. The van der Waals surface area contributed by atoms with Gasteiger partial charge in [-0.3, -0.25) is 9.59 Å². The highest BCUT2D eigenvalue weighted by Gasteiger charge is 2.27. The van der Waals surface area contributed by atoms with Crippen molar-refractivity contribution in [3.05, 3.63) is 71.8 Å². The highest BCUT2D eigenvalue weighted by atomic mass is 16.5. The van der Waals surface area contributed by atoms with E-state index in [4.69, 9.17) is 9.47 Å². The van der Waals surface area contributed by atoms with Gasteiger partial charge in [-0.15, -0.1) is 0 Å². The number of benzene rings is 2. The van der Waals surface area contributed by atoms with Crippen molar-refractivity contribution in [2.45, 2.75) is 76.7 Å². The molecule has 7 nitrogen and oxygen atoms in total. The molecule has 0 spiro atoms. The lowest BCUT2D eigenvalue weighted by atomic mass is 9.96. The second-order valence-electron chi connectivity index (χ2n) is 8.66. The van der Waals surface area contributed by atoms with Gasteiger partial charge in [-0.2, -0.15) is 0 Å². The fourth-order valence-electron chi connectivity index (χ4n) is 3.98. The summed E-state index contributed by atoms with van der Waals surface area (Å²) < 4.78 is 10.6. The molecule has 0 heterocycles. The molecule has 0 saturated heterocycles. The second-order valence-corrected chi connectivity index (χ2v) is 8.66. The van der Waals surface area contributed by atoms with E-state index in [0.29, 0.717) is 0 Å². The smallest absolute Gasteiger partial charge is 0.408 e. The molecule has 1 fully saturated rings. The van der Waals surface area contributed by atoms with Crippen LogP contribution in [-0.2, 0) is 32.3 Å². The summed E-state index contributed by atoms with van der Waals surface area (Å²) in [6, 6.07) is 17.5. The van der Waals surface area contributed by atoms with Gasteiger partial charge in [0.05, 0.1) is 6.42 Å². The summed E-state index contributed by atoms with van der Waals surface area (Å²) in [4.78, 5) is 37.9. The molecule has 3 rings (SSSR count). The predicted octanol–water partition coefficient (Wildman–Crippen LogP) is 4.64. The van der Waals surface area contributed by atoms with Gasteiger partial charge >= 0.3 is 12.1 Å². The van der Waals surface area contributed by atoms with Crippen molar-refractivity contribution >= 4 is 18.0 Å². The summed E-state index contributed by atoms with van der Waals surface area (Å²) in [7, 11) is 0. The molecule has 2 amide bonds. The SMILES string of the molecule is O=C(C[C@@H](NC(=O)OCc1ccccc1)C(=O)NC1CCCCCCC1)OCc1ccccc1. The Morgan fingerprint density at radius 3 is 1.88 bits per heavy atom. The zero-order valence-electron chi connectivity index (χ0n) is 19.5. The van der Waals surface area contributed by atoms with Gasteiger partial charge in [-0.25, -0.2) is 4.79 Å². The molecule has 1 aliphatic carbocycles. The van der Waals surface area contributed by atoms with Crippen LogP contribution in [-0.4, -0.2) is 30.1 Å². The Hall–Kier alpha value is -3.35. The maximum atomic E-state index is 13.0. The number of esters is 1. The Morgan fingerprint density at radius 2 is 1.29 bits per heavy atom. The number of hydrogen-bond donors (Lipinski definition) is 2. The van der Waals surface area contributed by atoms with Gasteiger partial charge in [0.15, 0.2) is 0 Å². The average Bonchev–Trinajstić information content (AvgIpc) is 2.84. The third kappa shape index (κ3) is 9.25. The molecule has 34 heavy (non-hydrogen) atoms. The monoisotopic (exact) mass is 466 g/mol. The van der Waals surface area contributed by atoms with Gasteiger partial charge in [-0.1, -0.05) is 92.8 Å². The molecule has 2 aromatic rings. The molecule has 1 aliphatic rings. The van der Waals surface area contributed by atoms with Crippen LogP contribution < -0.4 is 10.6 Å². The molecule has 2 aromatic carbocycles. The molecule has 0 bridgehead atoms. The summed E-state index contributed by atoms with van der Waals surface area (Å²) in [5.41, 5.74) is 1.68. The van der Waals surface area contributed by atoms with E-state index in [2.05, 4.69) is 10.6 Å². The Morgan fingerprint density at radius 1 is 0.765 bits per heavy atom. The molecule has 2 N–H and O–H groups in total. The van der Waals surface area contributed by atoms with Crippen LogP contribution in [0.1, 0.15) is 62.5 Å². The number of hydrogen-bond acceptors (Lipinski definition) is 5. The molecular weight excluding hydrogens is 432 g/mol. The van der Waals surface area contributed by atoms with Gasteiger partial charge in [0.25, 0.3) is 0 Å². The van der Waals surface area contributed by atoms with Crippen LogP contribution in [0, 0.1) is 0 Å². The maximum absolute atomic E-state index is 13.0. The van der Waals surface area contributed by atoms with E-state index in [9.17, 15) is 14.4 Å². The molecule has 0 unspecified atom stereocenters. The van der Waals surface area contributed by atoms with E-state index in [1.165, 1.54) is 6.42 Å². The van der Waals surface area contributed by atoms with E-state index in [1.54, 1.807) is 0 Å². The van der Waals surface area contributed by atoms with Crippen molar-refractivity contribution in [1.82, 2.24) is 10.6 Å². The molecule has 1 atom stereocenters. The lowest BCUT2D eigenvalue weighted by Gasteiger charge is -2.24. The van der Waals surface area contributed by atoms with Gasteiger partial charge in [0.1, 0.15) is 19.3 Å². The summed E-state index contributed by atoms with van der Waals surface area (Å²) in [5.74, 6) is -0.955. The Bertz CT molecular complexity index is 838. The summed E-state index contributed by atoms with van der Waals surface area (Å²) in [6.45, 7) is 0.178. The Balaban J connectivity index is 1.57. The van der Waals surface area contributed by atoms with E-state index in [-0.39, 0.29) is 31.6 Å². The topological polar surface area (TPSA) is 93.7 Å². The fraction of sp³-hybridized carbons (Fsp3) is 0.444. The summed E-state index contributed by atoms with van der Waals surface area (Å²) in [5, 5.41) is 5.59. The number of alkyl carbamates (subject to hydrolysis) is 1. The van der Waals surface area contributed by atoms with Crippen LogP contribution in [0.15, 0.2) is 60.7 Å². The maximum Gasteiger partial charge on any atom is 0.408 e. The van der Waals surface area contributed by atoms with Crippen molar-refractivity contribution < 1.29 is 23.9 Å². The third-order valence-corrected chi connectivity index (χ3v) is 5.89. The summed E-state index contributed by atoms with van der Waals surface area (Å²) >= 11 is 0. The Kier molecular flexibility index (Phi) is 10.4. The molecule has 0 aliphatic heterocycles. The largest absolute Gasteiger partial charge is 0.461 e. The number of rotatable bonds is 9. The van der Waals surface area contributed by atoms with E-state index in [0.717, 1.165) is 49.7 Å². The molecule has 182 valence electrons. The van der Waals surface area contributed by atoms with Crippen LogP contribution in [0.2, 0.25) is 0 Å². The zero-order chi connectivity index (χ0) is 24.0. The Labute approximate surface area is 201 Å². The highest BCUT2D eigenvalue weighted by molar-refractivity contribution is 5.89.